The molecule has 1 aromatic carbocycles. The summed E-state index contributed by atoms with van der Waals surface area (Å²) in [5.74, 6) is 0.731. The molecule has 1 unspecified atom stereocenters. The average Bonchev–Trinajstić information content (AvgIpc) is 2.56. The fourth-order valence-corrected chi connectivity index (χ4v) is 2.88. The van der Waals surface area contributed by atoms with Gasteiger partial charge in [-0.05, 0) is 36.8 Å². The van der Waals surface area contributed by atoms with E-state index in [9.17, 15) is 9.50 Å². The Hall–Kier alpha value is -1.98. The van der Waals surface area contributed by atoms with Crippen LogP contribution in [0.1, 0.15) is 24.3 Å². The van der Waals surface area contributed by atoms with Crippen LogP contribution in [0.4, 0.5) is 10.2 Å². The zero-order valence-electron chi connectivity index (χ0n) is 13.3. The molecule has 1 aliphatic heterocycles. The zero-order chi connectivity index (χ0) is 16.2. The number of pyridine rings is 1. The van der Waals surface area contributed by atoms with Crippen LogP contribution in [0.2, 0.25) is 0 Å². The average molecular weight is 315 g/mol. The van der Waals surface area contributed by atoms with Gasteiger partial charge in [-0.2, -0.15) is 0 Å². The molecule has 0 amide bonds. The molecule has 0 spiro atoms. The van der Waals surface area contributed by atoms with Crippen LogP contribution in [0.3, 0.4) is 0 Å². The van der Waals surface area contributed by atoms with Crippen molar-refractivity contribution in [3.05, 3.63) is 59.5 Å². The van der Waals surface area contributed by atoms with Crippen LogP contribution in [-0.2, 0) is 6.54 Å². The van der Waals surface area contributed by atoms with Gasteiger partial charge in [0.05, 0.1) is 11.8 Å². The highest BCUT2D eigenvalue weighted by atomic mass is 19.1. The molecular formula is C18H22FN3O. The van der Waals surface area contributed by atoms with Crippen LogP contribution in [0.15, 0.2) is 42.5 Å². The second-order valence-corrected chi connectivity index (χ2v) is 5.99. The van der Waals surface area contributed by atoms with Crippen molar-refractivity contribution in [1.29, 1.82) is 0 Å². The number of piperazine rings is 1. The third-order valence-corrected chi connectivity index (χ3v) is 4.18. The van der Waals surface area contributed by atoms with Crippen molar-refractivity contribution < 1.29 is 9.50 Å². The number of benzene rings is 1. The maximum absolute atomic E-state index is 13.3. The highest BCUT2D eigenvalue weighted by molar-refractivity contribution is 5.40. The molecule has 5 heteroatoms. The molecule has 3 rings (SSSR count). The Kier molecular flexibility index (Phi) is 4.88. The van der Waals surface area contributed by atoms with E-state index >= 15 is 0 Å². The molecule has 1 saturated heterocycles. The predicted molar refractivity (Wildman–Crippen MR) is 88.8 cm³/mol. The van der Waals surface area contributed by atoms with Gasteiger partial charge >= 0.3 is 0 Å². The standard InChI is InChI=1S/C18H22FN3O/c1-14(23)17-6-3-7-18(20-17)22-10-8-21(9-11-22)13-15-4-2-5-16(19)12-15/h2-7,12,14,23H,8-11,13H2,1H3. The number of hydrogen-bond donors (Lipinski definition) is 1. The molecule has 1 atom stereocenters. The van der Waals surface area contributed by atoms with E-state index in [0.29, 0.717) is 5.69 Å². The number of aromatic nitrogens is 1. The van der Waals surface area contributed by atoms with E-state index in [2.05, 4.69) is 14.8 Å². The van der Waals surface area contributed by atoms with Crippen LogP contribution < -0.4 is 4.90 Å². The molecule has 1 N–H and O–H groups in total. The fraction of sp³-hybridized carbons (Fsp3) is 0.389. The highest BCUT2D eigenvalue weighted by Crippen LogP contribution is 2.18. The summed E-state index contributed by atoms with van der Waals surface area (Å²) in [6.45, 7) is 6.08. The second kappa shape index (κ2) is 7.06. The Bertz CT molecular complexity index is 654. The lowest BCUT2D eigenvalue weighted by molar-refractivity contribution is 0.194. The van der Waals surface area contributed by atoms with Gasteiger partial charge in [0.1, 0.15) is 11.6 Å². The van der Waals surface area contributed by atoms with Gasteiger partial charge in [0.2, 0.25) is 0 Å². The van der Waals surface area contributed by atoms with E-state index in [4.69, 9.17) is 0 Å². The Morgan fingerprint density at radius 1 is 1.13 bits per heavy atom. The molecule has 0 saturated carbocycles. The summed E-state index contributed by atoms with van der Waals surface area (Å²) in [7, 11) is 0. The molecule has 122 valence electrons. The van der Waals surface area contributed by atoms with Crippen molar-refractivity contribution in [3.63, 3.8) is 0 Å². The van der Waals surface area contributed by atoms with E-state index in [1.54, 1.807) is 19.1 Å². The van der Waals surface area contributed by atoms with E-state index in [0.717, 1.165) is 44.1 Å². The first kappa shape index (κ1) is 15.9. The van der Waals surface area contributed by atoms with Gasteiger partial charge in [0, 0.05) is 32.7 Å². The van der Waals surface area contributed by atoms with Crippen LogP contribution >= 0.6 is 0 Å². The maximum atomic E-state index is 13.3. The maximum Gasteiger partial charge on any atom is 0.129 e. The Morgan fingerprint density at radius 2 is 1.87 bits per heavy atom. The molecule has 0 radical (unpaired) electrons. The van der Waals surface area contributed by atoms with Crippen LogP contribution in [-0.4, -0.2) is 41.2 Å². The number of hydrogen-bond acceptors (Lipinski definition) is 4. The van der Waals surface area contributed by atoms with Crippen LogP contribution in [0, 0.1) is 5.82 Å². The summed E-state index contributed by atoms with van der Waals surface area (Å²) in [4.78, 5) is 9.08. The van der Waals surface area contributed by atoms with Crippen LogP contribution in [0.5, 0.6) is 0 Å². The summed E-state index contributed by atoms with van der Waals surface area (Å²) < 4.78 is 13.3. The van der Waals surface area contributed by atoms with Crippen molar-refractivity contribution in [3.8, 4) is 0 Å². The third kappa shape index (κ3) is 4.06. The first-order valence-corrected chi connectivity index (χ1v) is 7.98. The number of nitrogens with zero attached hydrogens (tertiary/aromatic N) is 3. The number of rotatable bonds is 4. The molecule has 2 heterocycles. The van der Waals surface area contributed by atoms with Crippen molar-refractivity contribution >= 4 is 5.82 Å². The van der Waals surface area contributed by atoms with Crippen molar-refractivity contribution in [2.45, 2.75) is 19.6 Å². The van der Waals surface area contributed by atoms with Crippen molar-refractivity contribution in [2.24, 2.45) is 0 Å². The number of aliphatic hydroxyl groups is 1. The molecule has 0 aliphatic carbocycles. The molecule has 1 aliphatic rings. The quantitative estimate of drug-likeness (QED) is 0.941. The number of halogens is 1. The normalized spacial score (nSPS) is 17.3. The van der Waals surface area contributed by atoms with E-state index < -0.39 is 6.10 Å². The molecular weight excluding hydrogens is 293 g/mol. The van der Waals surface area contributed by atoms with E-state index in [-0.39, 0.29) is 5.82 Å². The summed E-state index contributed by atoms with van der Waals surface area (Å²) in [5.41, 5.74) is 1.71. The number of anilines is 1. The topological polar surface area (TPSA) is 39.6 Å². The summed E-state index contributed by atoms with van der Waals surface area (Å²) in [6, 6.07) is 12.5. The van der Waals surface area contributed by atoms with Gasteiger partial charge in [-0.3, -0.25) is 4.90 Å². The minimum Gasteiger partial charge on any atom is -0.387 e. The minimum absolute atomic E-state index is 0.180. The largest absolute Gasteiger partial charge is 0.387 e. The second-order valence-electron chi connectivity index (χ2n) is 5.99. The SMILES string of the molecule is CC(O)c1cccc(N2CCN(Cc3cccc(F)c3)CC2)n1. The lowest BCUT2D eigenvalue weighted by atomic mass is 10.2. The van der Waals surface area contributed by atoms with Gasteiger partial charge in [0.25, 0.3) is 0 Å². The first-order valence-electron chi connectivity index (χ1n) is 7.98. The smallest absolute Gasteiger partial charge is 0.129 e. The zero-order valence-corrected chi connectivity index (χ0v) is 13.3. The first-order chi connectivity index (χ1) is 11.1. The summed E-state index contributed by atoms with van der Waals surface area (Å²) >= 11 is 0. The molecule has 1 aromatic heterocycles. The Balaban J connectivity index is 1.59. The van der Waals surface area contributed by atoms with E-state index in [1.807, 2.05) is 24.3 Å². The Morgan fingerprint density at radius 3 is 2.57 bits per heavy atom. The molecule has 4 nitrogen and oxygen atoms in total. The minimum atomic E-state index is -0.552. The molecule has 0 bridgehead atoms. The monoisotopic (exact) mass is 315 g/mol. The highest BCUT2D eigenvalue weighted by Gasteiger charge is 2.18. The number of aliphatic hydroxyl groups excluding tert-OH is 1. The van der Waals surface area contributed by atoms with Gasteiger partial charge in [-0.1, -0.05) is 18.2 Å². The van der Waals surface area contributed by atoms with E-state index in [1.165, 1.54) is 6.07 Å². The van der Waals surface area contributed by atoms with Gasteiger partial charge in [-0.15, -0.1) is 0 Å². The predicted octanol–water partition coefficient (Wildman–Crippen LogP) is 2.60. The Labute approximate surface area is 136 Å². The fourth-order valence-electron chi connectivity index (χ4n) is 2.88. The van der Waals surface area contributed by atoms with Gasteiger partial charge in [0.15, 0.2) is 0 Å². The summed E-state index contributed by atoms with van der Waals surface area (Å²) in [5, 5.41) is 9.66. The molecule has 2 aromatic rings. The van der Waals surface area contributed by atoms with Gasteiger partial charge < -0.3 is 10.0 Å². The third-order valence-electron chi connectivity index (χ3n) is 4.18. The lowest BCUT2D eigenvalue weighted by Gasteiger charge is -2.35. The lowest BCUT2D eigenvalue weighted by Crippen LogP contribution is -2.46. The van der Waals surface area contributed by atoms with Crippen molar-refractivity contribution in [1.82, 2.24) is 9.88 Å². The molecule has 1 fully saturated rings. The van der Waals surface area contributed by atoms with Gasteiger partial charge in [-0.25, -0.2) is 9.37 Å². The molecule has 23 heavy (non-hydrogen) atoms. The van der Waals surface area contributed by atoms with Crippen LogP contribution in [0.25, 0.3) is 0 Å². The van der Waals surface area contributed by atoms with Crippen molar-refractivity contribution in [2.75, 3.05) is 31.1 Å². The summed E-state index contributed by atoms with van der Waals surface area (Å²) in [6.07, 6.45) is -0.552.